The van der Waals surface area contributed by atoms with Crippen LogP contribution in [-0.4, -0.2) is 77.9 Å². The fourth-order valence-electron chi connectivity index (χ4n) is 4.33. The zero-order valence-corrected chi connectivity index (χ0v) is 17.1. The topological polar surface area (TPSA) is 70.1 Å². The van der Waals surface area contributed by atoms with E-state index in [1.807, 2.05) is 29.2 Å². The minimum absolute atomic E-state index is 0. The number of carbonyl (C=O) groups is 2. The van der Waals surface area contributed by atoms with Crippen molar-refractivity contribution in [1.82, 2.24) is 9.80 Å². The van der Waals surface area contributed by atoms with E-state index >= 15 is 0 Å². The molecule has 2 aromatic rings. The molecule has 2 fully saturated rings. The number of carboxylic acid groups (broad SMARTS) is 1. The number of rotatable bonds is 7. The van der Waals surface area contributed by atoms with Crippen LogP contribution in [0.2, 0.25) is 0 Å². The van der Waals surface area contributed by atoms with Gasteiger partial charge in [0.05, 0.1) is 5.56 Å². The molecule has 1 unspecified atom stereocenters. The van der Waals surface area contributed by atoms with E-state index in [-0.39, 0.29) is 30.3 Å². The van der Waals surface area contributed by atoms with Crippen LogP contribution in [-0.2, 0) is 6.61 Å². The van der Waals surface area contributed by atoms with E-state index in [1.54, 1.807) is 24.3 Å². The molecule has 2 aliphatic rings. The van der Waals surface area contributed by atoms with Gasteiger partial charge in [-0.05, 0) is 80.7 Å². The first-order valence-corrected chi connectivity index (χ1v) is 10.7. The molecule has 0 aromatic heterocycles. The number of carboxylic acids is 1. The van der Waals surface area contributed by atoms with Crippen molar-refractivity contribution >= 4 is 30.7 Å². The molecule has 7 heteroatoms. The Hall–Kier alpha value is -2.26. The summed E-state index contributed by atoms with van der Waals surface area (Å²) in [6, 6.07) is 14.3. The van der Waals surface area contributed by atoms with Gasteiger partial charge in [0.1, 0.15) is 12.4 Å². The Morgan fingerprint density at radius 1 is 0.903 bits per heavy atom. The summed E-state index contributed by atoms with van der Waals surface area (Å²) < 4.78 is 5.78. The van der Waals surface area contributed by atoms with Gasteiger partial charge in [-0.1, -0.05) is 12.1 Å². The summed E-state index contributed by atoms with van der Waals surface area (Å²) in [5.74, 6) is -0.153. The van der Waals surface area contributed by atoms with Gasteiger partial charge in [-0.2, -0.15) is 0 Å². The molecule has 31 heavy (non-hydrogen) atoms. The van der Waals surface area contributed by atoms with Gasteiger partial charge in [-0.3, -0.25) is 4.79 Å². The van der Waals surface area contributed by atoms with Crippen molar-refractivity contribution in [3.8, 4) is 5.75 Å². The van der Waals surface area contributed by atoms with Gasteiger partial charge in [-0.15, -0.1) is 0 Å². The van der Waals surface area contributed by atoms with E-state index in [9.17, 15) is 9.59 Å². The van der Waals surface area contributed by atoms with Gasteiger partial charge in [0, 0.05) is 24.7 Å². The van der Waals surface area contributed by atoms with Crippen LogP contribution >= 0.6 is 0 Å². The first kappa shape index (κ1) is 23.4. The maximum atomic E-state index is 13.0. The van der Waals surface area contributed by atoms with E-state index in [0.717, 1.165) is 44.6 Å². The number of carbonyl (C=O) groups excluding carboxylic acids is 1. The van der Waals surface area contributed by atoms with Crippen molar-refractivity contribution in [2.75, 3.05) is 26.2 Å². The molecular weight excluding hydrogens is 387 g/mol. The molecule has 1 N–H and O–H groups in total. The molecule has 4 rings (SSSR count). The van der Waals surface area contributed by atoms with E-state index in [2.05, 4.69) is 4.90 Å². The minimum atomic E-state index is -0.941. The molecule has 0 bridgehead atoms. The van der Waals surface area contributed by atoms with Gasteiger partial charge < -0.3 is 19.6 Å². The van der Waals surface area contributed by atoms with Crippen LogP contribution in [0.15, 0.2) is 48.5 Å². The van der Waals surface area contributed by atoms with E-state index in [0.29, 0.717) is 24.0 Å². The molecule has 6 nitrogen and oxygen atoms in total. The molecule has 160 valence electrons. The zero-order chi connectivity index (χ0) is 20.9. The normalized spacial score (nSPS) is 18.6. The van der Waals surface area contributed by atoms with Crippen molar-refractivity contribution in [3.63, 3.8) is 0 Å². The van der Waals surface area contributed by atoms with Crippen LogP contribution in [0.25, 0.3) is 0 Å². The standard InChI is InChI=1S/C24H28N2O4.Li.H/c27-23(26-15-3-4-21(26)16-25-13-1-2-14-25)19-9-11-22(12-10-19)30-17-18-5-7-20(8-6-18)24(28)29;;/h5-12,21H,1-4,13-17H2,(H,28,29);;. The number of amides is 1. The maximum absolute atomic E-state index is 13.0. The number of aromatic carboxylic acids is 1. The van der Waals surface area contributed by atoms with Crippen LogP contribution in [0.4, 0.5) is 0 Å². The number of hydrogen-bond acceptors (Lipinski definition) is 4. The van der Waals surface area contributed by atoms with Crippen LogP contribution < -0.4 is 4.74 Å². The second-order valence-corrected chi connectivity index (χ2v) is 8.12. The number of nitrogens with zero attached hydrogens (tertiary/aromatic N) is 2. The van der Waals surface area contributed by atoms with E-state index < -0.39 is 5.97 Å². The van der Waals surface area contributed by atoms with Crippen molar-refractivity contribution < 1.29 is 19.4 Å². The Morgan fingerprint density at radius 3 is 2.19 bits per heavy atom. The Kier molecular flexibility index (Phi) is 8.20. The Balaban J connectivity index is 0.00000272. The molecule has 2 aromatic carbocycles. The molecule has 1 amide bonds. The van der Waals surface area contributed by atoms with Crippen molar-refractivity contribution in [3.05, 3.63) is 65.2 Å². The third-order valence-electron chi connectivity index (χ3n) is 6.01. The molecule has 0 aliphatic carbocycles. The fourth-order valence-corrected chi connectivity index (χ4v) is 4.33. The van der Waals surface area contributed by atoms with Crippen LogP contribution in [0, 0.1) is 0 Å². The van der Waals surface area contributed by atoms with E-state index in [4.69, 9.17) is 9.84 Å². The fraction of sp³-hybridized carbons (Fsp3) is 0.417. The monoisotopic (exact) mass is 416 g/mol. The Morgan fingerprint density at radius 2 is 1.55 bits per heavy atom. The first-order valence-electron chi connectivity index (χ1n) is 10.7. The van der Waals surface area contributed by atoms with E-state index in [1.165, 1.54) is 12.8 Å². The molecule has 2 saturated heterocycles. The van der Waals surface area contributed by atoms with Crippen LogP contribution in [0.5, 0.6) is 5.75 Å². The van der Waals surface area contributed by atoms with Crippen molar-refractivity contribution in [1.29, 1.82) is 0 Å². The molecular formula is C24H29LiN2O4. The second kappa shape index (κ2) is 10.9. The van der Waals surface area contributed by atoms with Crippen LogP contribution in [0.3, 0.4) is 0 Å². The Bertz CT molecular complexity index is 879. The van der Waals surface area contributed by atoms with Crippen molar-refractivity contribution in [2.45, 2.75) is 38.3 Å². The van der Waals surface area contributed by atoms with Gasteiger partial charge in [-0.25, -0.2) is 4.79 Å². The molecule has 0 spiro atoms. The predicted molar refractivity (Wildman–Crippen MR) is 121 cm³/mol. The summed E-state index contributed by atoms with van der Waals surface area (Å²) in [5.41, 5.74) is 1.84. The number of ether oxygens (including phenoxy) is 1. The summed E-state index contributed by atoms with van der Waals surface area (Å²) in [7, 11) is 0. The third kappa shape index (κ3) is 5.91. The number of likely N-dealkylation sites (tertiary alicyclic amines) is 2. The molecule has 2 heterocycles. The Labute approximate surface area is 195 Å². The summed E-state index contributed by atoms with van der Waals surface area (Å²) in [5, 5.41) is 8.96. The molecule has 0 saturated carbocycles. The molecule has 1 atom stereocenters. The van der Waals surface area contributed by atoms with Gasteiger partial charge in [0.15, 0.2) is 0 Å². The first-order chi connectivity index (χ1) is 14.6. The average Bonchev–Trinajstić information content (AvgIpc) is 3.45. The molecule has 0 radical (unpaired) electrons. The third-order valence-corrected chi connectivity index (χ3v) is 6.01. The summed E-state index contributed by atoms with van der Waals surface area (Å²) >= 11 is 0. The van der Waals surface area contributed by atoms with Crippen molar-refractivity contribution in [2.24, 2.45) is 0 Å². The van der Waals surface area contributed by atoms with Gasteiger partial charge in [0.2, 0.25) is 0 Å². The average molecular weight is 416 g/mol. The van der Waals surface area contributed by atoms with Gasteiger partial charge in [0.25, 0.3) is 5.91 Å². The van der Waals surface area contributed by atoms with Gasteiger partial charge >= 0.3 is 24.8 Å². The second-order valence-electron chi connectivity index (χ2n) is 8.12. The quantitative estimate of drug-likeness (QED) is 0.703. The summed E-state index contributed by atoms with van der Waals surface area (Å²) in [6.07, 6.45) is 4.70. The molecule has 2 aliphatic heterocycles. The summed E-state index contributed by atoms with van der Waals surface area (Å²) in [6.45, 7) is 4.49. The SMILES string of the molecule is O=C(O)c1ccc(COc2ccc(C(=O)N3CCCC3CN3CCCC3)cc2)cc1.[LiH]. The zero-order valence-electron chi connectivity index (χ0n) is 17.1. The summed E-state index contributed by atoms with van der Waals surface area (Å²) in [4.78, 5) is 28.5. The van der Waals surface area contributed by atoms with Crippen LogP contribution in [0.1, 0.15) is 52.0 Å². The number of hydrogen-bond donors (Lipinski definition) is 1. The predicted octanol–water partition coefficient (Wildman–Crippen LogP) is 3.02. The number of benzene rings is 2.